The molecular formula is C22H22N4O2. The minimum absolute atomic E-state index is 0.642. The van der Waals surface area contributed by atoms with Crippen LogP contribution in [0.4, 0.5) is 11.6 Å². The number of pyridine rings is 1. The van der Waals surface area contributed by atoms with E-state index in [0.717, 1.165) is 50.9 Å². The number of benzene rings is 2. The molecule has 2 N–H and O–H groups in total. The molecule has 4 aromatic rings. The fourth-order valence-corrected chi connectivity index (χ4v) is 3.14. The lowest BCUT2D eigenvalue weighted by Gasteiger charge is -2.12. The summed E-state index contributed by atoms with van der Waals surface area (Å²) in [6.07, 6.45) is 0. The lowest BCUT2D eigenvalue weighted by atomic mass is 10.0. The summed E-state index contributed by atoms with van der Waals surface area (Å²) in [5, 5.41) is 12.5. The molecule has 0 saturated carbocycles. The molecule has 6 heteroatoms. The topological polar surface area (TPSA) is 72.1 Å². The summed E-state index contributed by atoms with van der Waals surface area (Å²) in [7, 11) is 1.67. The standard InChI is InChI=1S/C22H22N4O2/c1-4-28-17-7-5-15(6-8-17)22-19-10-9-18(27-3)12-16(19)13-20(24-22)23-21-11-14(2)25-26-21/h5-13H,4H2,1-3H3,(H2,23,24,25,26). The van der Waals surface area contributed by atoms with Gasteiger partial charge < -0.3 is 14.8 Å². The number of ether oxygens (including phenoxy) is 2. The molecule has 28 heavy (non-hydrogen) atoms. The van der Waals surface area contributed by atoms with Crippen molar-refractivity contribution in [2.45, 2.75) is 13.8 Å². The van der Waals surface area contributed by atoms with Gasteiger partial charge in [0.05, 0.1) is 19.4 Å². The first-order valence-electron chi connectivity index (χ1n) is 9.17. The molecule has 0 saturated heterocycles. The Morgan fingerprint density at radius 1 is 0.964 bits per heavy atom. The van der Waals surface area contributed by atoms with Gasteiger partial charge in [0.2, 0.25) is 0 Å². The van der Waals surface area contributed by atoms with Crippen molar-refractivity contribution >= 4 is 22.4 Å². The van der Waals surface area contributed by atoms with Gasteiger partial charge in [0.15, 0.2) is 5.82 Å². The second-order valence-corrected chi connectivity index (χ2v) is 6.46. The van der Waals surface area contributed by atoms with E-state index in [9.17, 15) is 0 Å². The zero-order chi connectivity index (χ0) is 19.5. The van der Waals surface area contributed by atoms with E-state index in [4.69, 9.17) is 14.5 Å². The first-order chi connectivity index (χ1) is 13.7. The molecule has 0 aliphatic carbocycles. The van der Waals surface area contributed by atoms with Crippen LogP contribution < -0.4 is 14.8 Å². The summed E-state index contributed by atoms with van der Waals surface area (Å²) in [6, 6.07) is 17.9. The SMILES string of the molecule is CCOc1ccc(-c2nc(Nc3cc(C)[nH]n3)cc3cc(OC)ccc23)cc1. The van der Waals surface area contributed by atoms with Crippen LogP contribution in [0.5, 0.6) is 11.5 Å². The Morgan fingerprint density at radius 2 is 1.75 bits per heavy atom. The van der Waals surface area contributed by atoms with Crippen molar-refractivity contribution in [3.8, 4) is 22.8 Å². The smallest absolute Gasteiger partial charge is 0.153 e. The van der Waals surface area contributed by atoms with Gasteiger partial charge in [-0.3, -0.25) is 5.10 Å². The molecule has 4 rings (SSSR count). The van der Waals surface area contributed by atoms with Crippen molar-refractivity contribution in [3.63, 3.8) is 0 Å². The number of aryl methyl sites for hydroxylation is 1. The largest absolute Gasteiger partial charge is 0.497 e. The number of fused-ring (bicyclic) bond motifs is 1. The fourth-order valence-electron chi connectivity index (χ4n) is 3.14. The summed E-state index contributed by atoms with van der Waals surface area (Å²) in [6.45, 7) is 4.58. The summed E-state index contributed by atoms with van der Waals surface area (Å²) >= 11 is 0. The molecule has 0 spiro atoms. The number of nitrogens with zero attached hydrogens (tertiary/aromatic N) is 2. The Kier molecular flexibility index (Phi) is 4.85. The number of H-pyrrole nitrogens is 1. The number of aromatic amines is 1. The van der Waals surface area contributed by atoms with Gasteiger partial charge in [-0.05, 0) is 67.8 Å². The van der Waals surface area contributed by atoms with Crippen molar-refractivity contribution in [3.05, 3.63) is 60.3 Å². The molecule has 2 heterocycles. The van der Waals surface area contributed by atoms with Crippen LogP contribution >= 0.6 is 0 Å². The third-order valence-corrected chi connectivity index (χ3v) is 4.44. The number of methoxy groups -OCH3 is 1. The van der Waals surface area contributed by atoms with Crippen LogP contribution in [0.15, 0.2) is 54.6 Å². The van der Waals surface area contributed by atoms with Gasteiger partial charge in [-0.15, -0.1) is 0 Å². The molecular weight excluding hydrogens is 352 g/mol. The third-order valence-electron chi connectivity index (χ3n) is 4.44. The Hall–Kier alpha value is -3.54. The van der Waals surface area contributed by atoms with E-state index in [1.165, 1.54) is 0 Å². The van der Waals surface area contributed by atoms with E-state index in [1.54, 1.807) is 7.11 Å². The van der Waals surface area contributed by atoms with E-state index >= 15 is 0 Å². The molecule has 2 aromatic carbocycles. The molecule has 2 aromatic heterocycles. The maximum atomic E-state index is 5.56. The monoisotopic (exact) mass is 374 g/mol. The Bertz CT molecular complexity index is 1100. The second-order valence-electron chi connectivity index (χ2n) is 6.46. The number of aromatic nitrogens is 3. The van der Waals surface area contributed by atoms with Crippen LogP contribution in [0.25, 0.3) is 22.0 Å². The molecule has 0 fully saturated rings. The van der Waals surface area contributed by atoms with Crippen molar-refractivity contribution in [1.29, 1.82) is 0 Å². The van der Waals surface area contributed by atoms with E-state index in [1.807, 2.05) is 68.4 Å². The number of rotatable bonds is 6. The highest BCUT2D eigenvalue weighted by atomic mass is 16.5. The Morgan fingerprint density at radius 3 is 2.43 bits per heavy atom. The molecule has 0 atom stereocenters. The van der Waals surface area contributed by atoms with Gasteiger partial charge in [-0.2, -0.15) is 5.10 Å². The van der Waals surface area contributed by atoms with Crippen molar-refractivity contribution in [1.82, 2.24) is 15.2 Å². The highest BCUT2D eigenvalue weighted by Gasteiger charge is 2.11. The number of nitrogens with one attached hydrogen (secondary N) is 2. The highest BCUT2D eigenvalue weighted by molar-refractivity contribution is 5.97. The van der Waals surface area contributed by atoms with Gasteiger partial charge in [0.1, 0.15) is 17.3 Å². The van der Waals surface area contributed by atoms with Gasteiger partial charge in [-0.25, -0.2) is 4.98 Å². The predicted octanol–water partition coefficient (Wildman–Crippen LogP) is 5.08. The van der Waals surface area contributed by atoms with Crippen molar-refractivity contribution < 1.29 is 9.47 Å². The first kappa shape index (κ1) is 17.9. The fraction of sp³-hybridized carbons (Fsp3) is 0.182. The number of anilines is 2. The molecule has 0 aliphatic heterocycles. The summed E-state index contributed by atoms with van der Waals surface area (Å²) in [5.74, 6) is 3.09. The molecule has 0 aliphatic rings. The van der Waals surface area contributed by atoms with Gasteiger partial charge in [0.25, 0.3) is 0 Å². The van der Waals surface area contributed by atoms with Crippen LogP contribution in [-0.2, 0) is 0 Å². The van der Waals surface area contributed by atoms with Crippen LogP contribution in [0, 0.1) is 6.92 Å². The molecule has 0 bridgehead atoms. The maximum Gasteiger partial charge on any atom is 0.153 e. The number of hydrogen-bond acceptors (Lipinski definition) is 5. The Balaban J connectivity index is 1.82. The van der Waals surface area contributed by atoms with Gasteiger partial charge >= 0.3 is 0 Å². The second kappa shape index (κ2) is 7.60. The van der Waals surface area contributed by atoms with E-state index in [0.29, 0.717) is 6.61 Å². The molecule has 0 radical (unpaired) electrons. The average molecular weight is 374 g/mol. The average Bonchev–Trinajstić information content (AvgIpc) is 3.12. The van der Waals surface area contributed by atoms with Crippen LogP contribution in [0.1, 0.15) is 12.6 Å². The minimum Gasteiger partial charge on any atom is -0.497 e. The summed E-state index contributed by atoms with van der Waals surface area (Å²) in [4.78, 5) is 4.86. The van der Waals surface area contributed by atoms with Crippen LogP contribution in [0.3, 0.4) is 0 Å². The zero-order valence-corrected chi connectivity index (χ0v) is 16.1. The summed E-state index contributed by atoms with van der Waals surface area (Å²) in [5.41, 5.74) is 2.88. The van der Waals surface area contributed by atoms with E-state index in [-0.39, 0.29) is 0 Å². The number of hydrogen-bond donors (Lipinski definition) is 2. The molecule has 142 valence electrons. The van der Waals surface area contributed by atoms with Gasteiger partial charge in [0, 0.05) is 22.7 Å². The molecule has 0 amide bonds. The quantitative estimate of drug-likeness (QED) is 0.492. The summed E-state index contributed by atoms with van der Waals surface area (Å²) < 4.78 is 11.0. The normalized spacial score (nSPS) is 10.8. The minimum atomic E-state index is 0.642. The predicted molar refractivity (Wildman–Crippen MR) is 112 cm³/mol. The lowest BCUT2D eigenvalue weighted by molar-refractivity contribution is 0.340. The zero-order valence-electron chi connectivity index (χ0n) is 16.1. The third kappa shape index (κ3) is 3.62. The van der Waals surface area contributed by atoms with E-state index in [2.05, 4.69) is 15.5 Å². The lowest BCUT2D eigenvalue weighted by Crippen LogP contribution is -1.97. The Labute approximate surface area is 163 Å². The molecule has 0 unspecified atom stereocenters. The van der Waals surface area contributed by atoms with E-state index < -0.39 is 0 Å². The van der Waals surface area contributed by atoms with Gasteiger partial charge in [-0.1, -0.05) is 0 Å². The highest BCUT2D eigenvalue weighted by Crippen LogP contribution is 2.33. The maximum absolute atomic E-state index is 5.56. The molecule has 6 nitrogen and oxygen atoms in total. The van der Waals surface area contributed by atoms with Crippen LogP contribution in [-0.4, -0.2) is 28.9 Å². The first-order valence-corrected chi connectivity index (χ1v) is 9.17. The van der Waals surface area contributed by atoms with Crippen molar-refractivity contribution in [2.24, 2.45) is 0 Å². The van der Waals surface area contributed by atoms with Crippen molar-refractivity contribution in [2.75, 3.05) is 19.0 Å². The van der Waals surface area contributed by atoms with Crippen LogP contribution in [0.2, 0.25) is 0 Å².